The van der Waals surface area contributed by atoms with E-state index in [1.807, 2.05) is 30.5 Å². The van der Waals surface area contributed by atoms with E-state index in [-0.39, 0.29) is 24.8 Å². The van der Waals surface area contributed by atoms with Crippen LogP contribution in [-0.2, 0) is 16.0 Å². The average molecular weight is 378 g/mol. The van der Waals surface area contributed by atoms with Crippen LogP contribution in [0.4, 0.5) is 5.95 Å². The summed E-state index contributed by atoms with van der Waals surface area (Å²) in [4.78, 5) is 40.1. The number of carbonyl (C=O) groups is 2. The Morgan fingerprint density at radius 2 is 1.79 bits per heavy atom. The number of anilines is 1. The van der Waals surface area contributed by atoms with Gasteiger partial charge in [-0.25, -0.2) is 9.97 Å². The number of aromatic nitrogens is 3. The highest BCUT2D eigenvalue weighted by molar-refractivity contribution is 5.90. The van der Waals surface area contributed by atoms with Crippen LogP contribution in [0, 0.1) is 0 Å². The third kappa shape index (κ3) is 3.95. The summed E-state index contributed by atoms with van der Waals surface area (Å²) in [6, 6.07) is 9.63. The third-order valence-corrected chi connectivity index (χ3v) is 4.93. The predicted molar refractivity (Wildman–Crippen MR) is 106 cm³/mol. The van der Waals surface area contributed by atoms with Crippen LogP contribution >= 0.6 is 0 Å². The summed E-state index contributed by atoms with van der Waals surface area (Å²) < 4.78 is 0. The van der Waals surface area contributed by atoms with Crippen molar-refractivity contribution in [2.24, 2.45) is 0 Å². The van der Waals surface area contributed by atoms with E-state index < -0.39 is 0 Å². The summed E-state index contributed by atoms with van der Waals surface area (Å²) >= 11 is 0. The van der Waals surface area contributed by atoms with E-state index in [0.29, 0.717) is 32.1 Å². The van der Waals surface area contributed by atoms with Crippen molar-refractivity contribution in [3.05, 3.63) is 54.5 Å². The molecule has 8 heteroatoms. The zero-order valence-electron chi connectivity index (χ0n) is 15.5. The molecule has 4 rings (SSSR count). The quantitative estimate of drug-likeness (QED) is 0.690. The van der Waals surface area contributed by atoms with E-state index in [1.54, 1.807) is 23.4 Å². The van der Waals surface area contributed by atoms with E-state index >= 15 is 0 Å². The lowest BCUT2D eigenvalue weighted by atomic mass is 10.1. The molecule has 0 bridgehead atoms. The molecule has 3 heterocycles. The summed E-state index contributed by atoms with van der Waals surface area (Å²) in [6.07, 6.45) is 5.51. The average Bonchev–Trinajstić information content (AvgIpc) is 3.15. The molecule has 2 N–H and O–H groups in total. The summed E-state index contributed by atoms with van der Waals surface area (Å²) in [7, 11) is 0. The molecule has 28 heavy (non-hydrogen) atoms. The third-order valence-electron chi connectivity index (χ3n) is 4.93. The van der Waals surface area contributed by atoms with Crippen LogP contribution in [0.1, 0.15) is 5.56 Å². The smallest absolute Gasteiger partial charge is 0.242 e. The molecular weight excluding hydrogens is 356 g/mol. The van der Waals surface area contributed by atoms with Gasteiger partial charge in [0.1, 0.15) is 0 Å². The molecule has 1 aromatic carbocycles. The van der Waals surface area contributed by atoms with Gasteiger partial charge in [0, 0.05) is 55.7 Å². The lowest BCUT2D eigenvalue weighted by molar-refractivity contribution is -0.133. The van der Waals surface area contributed by atoms with Gasteiger partial charge in [0.15, 0.2) is 0 Å². The number of aromatic amines is 1. The van der Waals surface area contributed by atoms with E-state index in [1.165, 1.54) is 0 Å². The Labute approximate surface area is 162 Å². The largest absolute Gasteiger partial charge is 0.361 e. The number of nitrogens with one attached hydrogen (secondary N) is 2. The molecule has 0 atom stereocenters. The molecule has 2 aromatic heterocycles. The number of fused-ring (bicyclic) bond motifs is 1. The van der Waals surface area contributed by atoms with Crippen molar-refractivity contribution in [3.63, 3.8) is 0 Å². The molecule has 0 unspecified atom stereocenters. The zero-order valence-corrected chi connectivity index (χ0v) is 15.5. The van der Waals surface area contributed by atoms with Crippen LogP contribution in [0.2, 0.25) is 0 Å². The van der Waals surface area contributed by atoms with Crippen molar-refractivity contribution in [2.45, 2.75) is 6.42 Å². The first-order chi connectivity index (χ1) is 13.7. The molecule has 3 aromatic rings. The molecule has 1 aliphatic rings. The van der Waals surface area contributed by atoms with E-state index in [2.05, 4.69) is 25.2 Å². The number of amides is 2. The summed E-state index contributed by atoms with van der Waals surface area (Å²) in [5.41, 5.74) is 1.93. The number of benzene rings is 1. The van der Waals surface area contributed by atoms with E-state index in [4.69, 9.17) is 0 Å². The van der Waals surface area contributed by atoms with E-state index in [9.17, 15) is 9.59 Å². The minimum atomic E-state index is -0.158. The number of rotatable bonds is 5. The van der Waals surface area contributed by atoms with Crippen molar-refractivity contribution >= 4 is 28.7 Å². The number of hydrogen-bond acceptors (Lipinski definition) is 5. The minimum Gasteiger partial charge on any atom is -0.361 e. The van der Waals surface area contributed by atoms with Crippen LogP contribution in [0.25, 0.3) is 10.9 Å². The van der Waals surface area contributed by atoms with Crippen molar-refractivity contribution < 1.29 is 9.59 Å². The highest BCUT2D eigenvalue weighted by Crippen LogP contribution is 2.18. The van der Waals surface area contributed by atoms with Crippen molar-refractivity contribution in [1.29, 1.82) is 0 Å². The number of H-pyrrole nitrogens is 1. The number of piperazine rings is 1. The molecule has 1 saturated heterocycles. The standard InChI is InChI=1S/C20H22N6O2/c27-18(12-15-13-23-17-5-2-1-4-16(15)17)24-14-19(28)25-8-10-26(11-9-25)20-21-6-3-7-22-20/h1-7,13,23H,8-12,14H2,(H,24,27). The van der Waals surface area contributed by atoms with Gasteiger partial charge in [0.2, 0.25) is 17.8 Å². The molecule has 0 radical (unpaired) electrons. The van der Waals surface area contributed by atoms with Crippen LogP contribution in [0.3, 0.4) is 0 Å². The van der Waals surface area contributed by atoms with Gasteiger partial charge in [-0.15, -0.1) is 0 Å². The number of para-hydroxylation sites is 1. The van der Waals surface area contributed by atoms with Crippen molar-refractivity contribution in [2.75, 3.05) is 37.6 Å². The van der Waals surface area contributed by atoms with Crippen molar-refractivity contribution in [3.8, 4) is 0 Å². The number of nitrogens with zero attached hydrogens (tertiary/aromatic N) is 4. The van der Waals surface area contributed by atoms with Gasteiger partial charge in [-0.05, 0) is 17.7 Å². The van der Waals surface area contributed by atoms with Gasteiger partial charge in [-0.1, -0.05) is 18.2 Å². The Bertz CT molecular complexity index is 963. The lowest BCUT2D eigenvalue weighted by Crippen LogP contribution is -2.51. The summed E-state index contributed by atoms with van der Waals surface area (Å²) in [5, 5.41) is 3.77. The Balaban J connectivity index is 1.25. The minimum absolute atomic E-state index is 0.0169. The maximum absolute atomic E-state index is 12.4. The molecule has 0 spiro atoms. The highest BCUT2D eigenvalue weighted by atomic mass is 16.2. The predicted octanol–water partition coefficient (Wildman–Crippen LogP) is 0.965. The fourth-order valence-corrected chi connectivity index (χ4v) is 3.41. The molecule has 0 saturated carbocycles. The van der Waals surface area contributed by atoms with Gasteiger partial charge in [0.25, 0.3) is 0 Å². The Morgan fingerprint density at radius 3 is 2.57 bits per heavy atom. The molecular formula is C20H22N6O2. The second kappa shape index (κ2) is 8.08. The van der Waals surface area contributed by atoms with Gasteiger partial charge < -0.3 is 20.1 Å². The Kier molecular flexibility index (Phi) is 5.18. The SMILES string of the molecule is O=C(Cc1c[nH]c2ccccc12)NCC(=O)N1CCN(c2ncccn2)CC1. The Morgan fingerprint density at radius 1 is 1.04 bits per heavy atom. The van der Waals surface area contributed by atoms with Gasteiger partial charge in [-0.3, -0.25) is 9.59 Å². The number of hydrogen-bond donors (Lipinski definition) is 2. The summed E-state index contributed by atoms with van der Waals surface area (Å²) in [5.74, 6) is 0.456. The topological polar surface area (TPSA) is 94.2 Å². The first kappa shape index (κ1) is 18.0. The maximum atomic E-state index is 12.4. The zero-order chi connectivity index (χ0) is 19.3. The van der Waals surface area contributed by atoms with Crippen molar-refractivity contribution in [1.82, 2.24) is 25.2 Å². The van der Waals surface area contributed by atoms with Crippen LogP contribution in [0.5, 0.6) is 0 Å². The summed E-state index contributed by atoms with van der Waals surface area (Å²) in [6.45, 7) is 2.56. The molecule has 2 amide bonds. The number of carbonyl (C=O) groups excluding carboxylic acids is 2. The maximum Gasteiger partial charge on any atom is 0.242 e. The van der Waals surface area contributed by atoms with Gasteiger partial charge in [0.05, 0.1) is 13.0 Å². The van der Waals surface area contributed by atoms with Crippen LogP contribution < -0.4 is 10.2 Å². The van der Waals surface area contributed by atoms with Gasteiger partial charge in [-0.2, -0.15) is 0 Å². The molecule has 1 aliphatic heterocycles. The highest BCUT2D eigenvalue weighted by Gasteiger charge is 2.22. The first-order valence-electron chi connectivity index (χ1n) is 9.32. The van der Waals surface area contributed by atoms with E-state index in [0.717, 1.165) is 16.5 Å². The normalized spacial score (nSPS) is 14.3. The molecule has 144 valence electrons. The Hall–Kier alpha value is -3.42. The fourth-order valence-electron chi connectivity index (χ4n) is 3.41. The second-order valence-electron chi connectivity index (χ2n) is 6.73. The van der Waals surface area contributed by atoms with Crippen LogP contribution in [-0.4, -0.2) is 64.4 Å². The van der Waals surface area contributed by atoms with Crippen LogP contribution in [0.15, 0.2) is 48.9 Å². The molecule has 8 nitrogen and oxygen atoms in total. The lowest BCUT2D eigenvalue weighted by Gasteiger charge is -2.34. The molecule has 0 aliphatic carbocycles. The fraction of sp³-hybridized carbons (Fsp3) is 0.300. The van der Waals surface area contributed by atoms with Gasteiger partial charge >= 0.3 is 0 Å². The second-order valence-corrected chi connectivity index (χ2v) is 6.73. The monoisotopic (exact) mass is 378 g/mol. The first-order valence-corrected chi connectivity index (χ1v) is 9.32. The molecule has 1 fully saturated rings.